The molecule has 2 amide bonds. The lowest BCUT2D eigenvalue weighted by Crippen LogP contribution is -2.60. The predicted molar refractivity (Wildman–Crippen MR) is 222 cm³/mol. The molecule has 7 rings (SSSR count). The van der Waals surface area contributed by atoms with Crippen molar-refractivity contribution in [2.75, 3.05) is 51.5 Å². The first-order valence-electron chi connectivity index (χ1n) is 20.5. The van der Waals surface area contributed by atoms with Crippen molar-refractivity contribution >= 4 is 45.7 Å². The van der Waals surface area contributed by atoms with Crippen LogP contribution in [0.2, 0.25) is 0 Å². The van der Waals surface area contributed by atoms with Gasteiger partial charge in [0.05, 0.1) is 65.4 Å². The van der Waals surface area contributed by atoms with Crippen molar-refractivity contribution in [2.24, 2.45) is 11.3 Å². The van der Waals surface area contributed by atoms with Gasteiger partial charge in [-0.2, -0.15) is 0 Å². The smallest absolute Gasteiger partial charge is 0.324 e. The van der Waals surface area contributed by atoms with Crippen LogP contribution in [0.15, 0.2) is 29.8 Å². The highest BCUT2D eigenvalue weighted by molar-refractivity contribution is 7.10. The van der Waals surface area contributed by atoms with Gasteiger partial charge in [-0.3, -0.25) is 24.4 Å². The van der Waals surface area contributed by atoms with Crippen molar-refractivity contribution in [3.05, 3.63) is 51.9 Å². The van der Waals surface area contributed by atoms with Gasteiger partial charge in [0.1, 0.15) is 17.9 Å². The lowest BCUT2D eigenvalue weighted by atomic mass is 9.84. The van der Waals surface area contributed by atoms with Crippen molar-refractivity contribution in [1.29, 1.82) is 0 Å². The summed E-state index contributed by atoms with van der Waals surface area (Å²) in [5, 5.41) is 7.59. The number of ether oxygens (including phenoxy) is 3. The SMILES string of the molecule is CCn1c(-c2cc(N3CCOCC3)cnc2C(C)OC)c2c3cc(c(F)cc31)-c1csc(n1)CC(NC(=O)CC(C)C)C(=O)N1CCCC(N1)C(=O)OCC(C)(C)C2. The van der Waals surface area contributed by atoms with Crippen LogP contribution in [0.1, 0.15) is 83.2 Å². The molecule has 0 saturated carbocycles. The van der Waals surface area contributed by atoms with Gasteiger partial charge in [0.25, 0.3) is 5.91 Å². The Morgan fingerprint density at radius 2 is 1.91 bits per heavy atom. The zero-order chi connectivity index (χ0) is 41.3. The molecule has 3 aliphatic rings. The number of carbonyl (C=O) groups excluding carboxylic acids is 3. The minimum Gasteiger partial charge on any atom is -0.464 e. The van der Waals surface area contributed by atoms with Crippen molar-refractivity contribution in [1.82, 2.24) is 30.3 Å². The normalized spacial score (nSPS) is 20.9. The maximum Gasteiger partial charge on any atom is 0.324 e. The Bertz CT molecular complexity index is 2160. The van der Waals surface area contributed by atoms with Gasteiger partial charge in [-0.15, -0.1) is 11.3 Å². The fourth-order valence-electron chi connectivity index (χ4n) is 8.26. The first-order valence-corrected chi connectivity index (χ1v) is 21.3. The summed E-state index contributed by atoms with van der Waals surface area (Å²) < 4.78 is 36.4. The number of nitrogens with zero attached hydrogens (tertiary/aromatic N) is 5. The van der Waals surface area contributed by atoms with E-state index < -0.39 is 29.3 Å². The van der Waals surface area contributed by atoms with E-state index in [9.17, 15) is 14.4 Å². The Kier molecular flexibility index (Phi) is 12.5. The number of hydrazine groups is 1. The number of hydrogen-bond acceptors (Lipinski definition) is 11. The van der Waals surface area contributed by atoms with Crippen LogP contribution < -0.4 is 15.6 Å². The summed E-state index contributed by atoms with van der Waals surface area (Å²) in [6, 6.07) is 3.95. The summed E-state index contributed by atoms with van der Waals surface area (Å²) in [6.45, 7) is 15.8. The van der Waals surface area contributed by atoms with Crippen LogP contribution in [0.4, 0.5) is 10.1 Å². The van der Waals surface area contributed by atoms with E-state index in [0.717, 1.165) is 52.2 Å². The molecule has 0 spiro atoms. The first kappa shape index (κ1) is 41.7. The molecule has 0 radical (unpaired) electrons. The molecular weight excluding hydrogens is 762 g/mol. The number of amides is 2. The summed E-state index contributed by atoms with van der Waals surface area (Å²) in [4.78, 5) is 53.0. The second-order valence-electron chi connectivity index (χ2n) is 16.8. The zero-order valence-electron chi connectivity index (χ0n) is 34.7. The number of hydrogen-bond donors (Lipinski definition) is 2. The van der Waals surface area contributed by atoms with Gasteiger partial charge >= 0.3 is 5.97 Å². The van der Waals surface area contributed by atoms with Crippen LogP contribution in [-0.4, -0.2) is 96.0 Å². The monoisotopic (exact) mass is 817 g/mol. The number of aromatic nitrogens is 3. The molecule has 1 aromatic carbocycles. The molecule has 4 aromatic rings. The molecule has 2 N–H and O–H groups in total. The van der Waals surface area contributed by atoms with E-state index >= 15 is 4.39 Å². The van der Waals surface area contributed by atoms with Crippen molar-refractivity contribution in [3.8, 4) is 22.5 Å². The Labute approximate surface area is 343 Å². The molecule has 3 aromatic heterocycles. The number of cyclic esters (lactones) is 1. The molecule has 6 bridgehead atoms. The minimum absolute atomic E-state index is 0.0862. The first-order chi connectivity index (χ1) is 27.8. The fourth-order valence-corrected chi connectivity index (χ4v) is 9.10. The number of carbonyl (C=O) groups is 3. The topological polar surface area (TPSA) is 140 Å². The van der Waals surface area contributed by atoms with Gasteiger partial charge in [-0.05, 0) is 62.8 Å². The number of nitrogens with one attached hydrogen (secondary N) is 2. The number of benzene rings is 1. The third-order valence-corrected chi connectivity index (χ3v) is 12.1. The highest BCUT2D eigenvalue weighted by Gasteiger charge is 2.36. The molecule has 58 heavy (non-hydrogen) atoms. The highest BCUT2D eigenvalue weighted by Crippen LogP contribution is 2.43. The summed E-state index contributed by atoms with van der Waals surface area (Å²) in [5.41, 5.74) is 8.54. The second-order valence-corrected chi connectivity index (χ2v) is 17.8. The fraction of sp³-hybridized carbons (Fsp3) is 0.558. The molecular formula is C43H56FN7O6S. The number of anilines is 1. The van der Waals surface area contributed by atoms with E-state index in [1.807, 2.05) is 38.4 Å². The Hall–Kier alpha value is -4.44. The zero-order valence-corrected chi connectivity index (χ0v) is 35.5. The van der Waals surface area contributed by atoms with Gasteiger partial charge in [-0.25, -0.2) is 14.8 Å². The van der Waals surface area contributed by atoms with Crippen LogP contribution in [0.3, 0.4) is 0 Å². The average molecular weight is 818 g/mol. The van der Waals surface area contributed by atoms with Crippen LogP contribution in [-0.2, 0) is 48.0 Å². The molecule has 13 nitrogen and oxygen atoms in total. The molecule has 6 heterocycles. The minimum atomic E-state index is -0.948. The molecule has 2 fully saturated rings. The molecule has 15 heteroatoms. The average Bonchev–Trinajstić information content (AvgIpc) is 3.79. The van der Waals surface area contributed by atoms with Gasteiger partial charge in [-0.1, -0.05) is 27.7 Å². The second kappa shape index (κ2) is 17.4. The van der Waals surface area contributed by atoms with E-state index in [-0.39, 0.29) is 43.3 Å². The number of aryl methyl sites for hydroxylation is 1. The van der Waals surface area contributed by atoms with Crippen molar-refractivity contribution < 1.29 is 33.0 Å². The molecule has 3 aliphatic heterocycles. The molecule has 3 unspecified atom stereocenters. The summed E-state index contributed by atoms with van der Waals surface area (Å²) in [7, 11) is 1.67. The summed E-state index contributed by atoms with van der Waals surface area (Å²) in [5.74, 6) is -1.41. The lowest BCUT2D eigenvalue weighted by molar-refractivity contribution is -0.155. The number of fused-ring (bicyclic) bond motifs is 6. The Balaban J connectivity index is 1.41. The molecule has 3 atom stereocenters. The van der Waals surface area contributed by atoms with Crippen LogP contribution in [0.25, 0.3) is 33.4 Å². The third-order valence-electron chi connectivity index (χ3n) is 11.3. The quantitative estimate of drug-likeness (QED) is 0.197. The van der Waals surface area contributed by atoms with E-state index in [1.54, 1.807) is 13.2 Å². The number of rotatable bonds is 8. The van der Waals surface area contributed by atoms with Crippen molar-refractivity contribution in [2.45, 2.75) is 98.4 Å². The Morgan fingerprint density at radius 3 is 2.64 bits per heavy atom. The van der Waals surface area contributed by atoms with E-state index in [0.29, 0.717) is 61.8 Å². The lowest BCUT2D eigenvalue weighted by Gasteiger charge is -2.35. The Morgan fingerprint density at radius 1 is 1.14 bits per heavy atom. The van der Waals surface area contributed by atoms with E-state index in [2.05, 4.69) is 47.0 Å². The van der Waals surface area contributed by atoms with E-state index in [4.69, 9.17) is 24.2 Å². The predicted octanol–water partition coefficient (Wildman–Crippen LogP) is 6.22. The van der Waals surface area contributed by atoms with Gasteiger partial charge in [0.15, 0.2) is 0 Å². The largest absolute Gasteiger partial charge is 0.464 e. The number of pyridine rings is 1. The third kappa shape index (κ3) is 8.77. The number of halogens is 1. The summed E-state index contributed by atoms with van der Waals surface area (Å²) in [6.07, 6.45) is 3.46. The number of morpholine rings is 1. The molecule has 2 saturated heterocycles. The number of esters is 1. The number of thiazole rings is 1. The number of methoxy groups -OCH3 is 1. The van der Waals surface area contributed by atoms with Crippen LogP contribution in [0.5, 0.6) is 0 Å². The maximum atomic E-state index is 16.6. The van der Waals surface area contributed by atoms with Gasteiger partial charge in [0, 0.05) is 73.4 Å². The van der Waals surface area contributed by atoms with Crippen molar-refractivity contribution in [3.63, 3.8) is 0 Å². The van der Waals surface area contributed by atoms with Gasteiger partial charge in [0.2, 0.25) is 5.91 Å². The van der Waals surface area contributed by atoms with Crippen LogP contribution in [0, 0.1) is 17.2 Å². The maximum absolute atomic E-state index is 16.6. The summed E-state index contributed by atoms with van der Waals surface area (Å²) >= 11 is 1.32. The van der Waals surface area contributed by atoms with E-state index in [1.165, 1.54) is 16.3 Å². The van der Waals surface area contributed by atoms with Crippen LogP contribution >= 0.6 is 11.3 Å². The molecule has 0 aliphatic carbocycles. The van der Waals surface area contributed by atoms with Gasteiger partial charge < -0.3 is 29.0 Å². The standard InChI is InChI=1S/C43H56FN7O6S/c1-8-50-36-19-32(44)29-18-28(36)31(40(50)30-17-27(49-12-14-56-15-13-49)22-45-39(30)26(4)55-7)21-43(5,6)24-57-42(54)33-10-9-11-51(48-33)41(53)34(46-37(52)16-25(2)3)20-38-47-35(29)23-58-38/h17-19,22-23,25-26,33-34,48H,8-16,20-21,24H2,1-7H3,(H,46,52). The highest BCUT2D eigenvalue weighted by atomic mass is 32.1. The molecule has 312 valence electrons.